The van der Waals surface area contributed by atoms with Gasteiger partial charge in [-0.2, -0.15) is 5.10 Å². The minimum Gasteiger partial charge on any atom is -0.493 e. The van der Waals surface area contributed by atoms with Crippen molar-refractivity contribution >= 4 is 0 Å². The van der Waals surface area contributed by atoms with Crippen molar-refractivity contribution in [2.75, 3.05) is 13.7 Å². The van der Waals surface area contributed by atoms with Gasteiger partial charge < -0.3 is 14.2 Å². The molecule has 3 rings (SSSR count). The van der Waals surface area contributed by atoms with Crippen molar-refractivity contribution in [3.63, 3.8) is 0 Å². The third-order valence-electron chi connectivity index (χ3n) is 2.91. The number of benzene rings is 1. The molecule has 1 unspecified atom stereocenters. The zero-order valence-electron chi connectivity index (χ0n) is 10.3. The van der Waals surface area contributed by atoms with E-state index in [2.05, 4.69) is 5.10 Å². The first-order valence-corrected chi connectivity index (χ1v) is 5.73. The topological polar surface area (TPSA) is 45.5 Å². The molecule has 0 amide bonds. The summed E-state index contributed by atoms with van der Waals surface area (Å²) in [6, 6.07) is 5.61. The van der Waals surface area contributed by atoms with Gasteiger partial charge in [-0.15, -0.1) is 0 Å². The molecule has 0 aliphatic carbocycles. The molecule has 0 spiro atoms. The molecule has 1 aromatic heterocycles. The highest BCUT2D eigenvalue weighted by Crippen LogP contribution is 2.42. The Morgan fingerprint density at radius 3 is 3.06 bits per heavy atom. The molecular formula is C13H14N2O3. The quantitative estimate of drug-likeness (QED) is 0.812. The Kier molecular flexibility index (Phi) is 2.59. The molecule has 0 saturated carbocycles. The van der Waals surface area contributed by atoms with Gasteiger partial charge >= 0.3 is 0 Å². The number of hydrogen-bond donors (Lipinski definition) is 0. The van der Waals surface area contributed by atoms with Crippen LogP contribution in [0.1, 0.15) is 11.7 Å². The molecule has 0 fully saturated rings. The van der Waals surface area contributed by atoms with E-state index in [0.717, 1.165) is 11.3 Å². The van der Waals surface area contributed by atoms with Gasteiger partial charge in [0.05, 0.1) is 13.3 Å². The maximum atomic E-state index is 5.95. The number of ether oxygens (including phenoxy) is 3. The van der Waals surface area contributed by atoms with Crippen molar-refractivity contribution in [3.8, 4) is 17.2 Å². The van der Waals surface area contributed by atoms with Crippen molar-refractivity contribution in [1.29, 1.82) is 0 Å². The number of rotatable bonds is 2. The first kappa shape index (κ1) is 11.0. The van der Waals surface area contributed by atoms with E-state index < -0.39 is 0 Å². The van der Waals surface area contributed by atoms with Gasteiger partial charge in [0.25, 0.3) is 0 Å². The largest absolute Gasteiger partial charge is 0.493 e. The molecule has 18 heavy (non-hydrogen) atoms. The number of aryl methyl sites for hydroxylation is 1. The molecule has 1 atom stereocenters. The Morgan fingerprint density at radius 2 is 2.33 bits per heavy atom. The number of para-hydroxylation sites is 1. The Balaban J connectivity index is 1.92. The molecule has 94 valence electrons. The van der Waals surface area contributed by atoms with E-state index >= 15 is 0 Å². The second-order valence-electron chi connectivity index (χ2n) is 4.15. The van der Waals surface area contributed by atoms with Crippen molar-refractivity contribution in [2.24, 2.45) is 7.05 Å². The number of methoxy groups -OCH3 is 1. The Bertz CT molecular complexity index is 551. The number of nitrogens with zero attached hydrogens (tertiary/aromatic N) is 2. The molecule has 2 aromatic rings. The maximum absolute atomic E-state index is 5.95. The van der Waals surface area contributed by atoms with E-state index in [1.54, 1.807) is 18.0 Å². The zero-order chi connectivity index (χ0) is 12.5. The molecule has 0 radical (unpaired) electrons. The van der Waals surface area contributed by atoms with Gasteiger partial charge in [0.15, 0.2) is 17.6 Å². The smallest absolute Gasteiger partial charge is 0.204 e. The molecule has 2 heterocycles. The summed E-state index contributed by atoms with van der Waals surface area (Å²) in [7, 11) is 3.49. The summed E-state index contributed by atoms with van der Waals surface area (Å²) in [5, 5.41) is 4.14. The Hall–Kier alpha value is -2.17. The second kappa shape index (κ2) is 4.25. The molecule has 1 aromatic carbocycles. The van der Waals surface area contributed by atoms with Crippen LogP contribution in [0.25, 0.3) is 0 Å². The van der Waals surface area contributed by atoms with E-state index in [1.165, 1.54) is 0 Å². The first-order chi connectivity index (χ1) is 8.78. The van der Waals surface area contributed by atoms with Crippen LogP contribution in [0.5, 0.6) is 17.2 Å². The lowest BCUT2D eigenvalue weighted by Crippen LogP contribution is -2.21. The number of fused-ring (bicyclic) bond motifs is 1. The van der Waals surface area contributed by atoms with Crippen molar-refractivity contribution in [1.82, 2.24) is 9.78 Å². The average Bonchev–Trinajstić information content (AvgIpc) is 2.84. The van der Waals surface area contributed by atoms with Crippen molar-refractivity contribution < 1.29 is 14.2 Å². The highest BCUT2D eigenvalue weighted by atomic mass is 16.6. The van der Waals surface area contributed by atoms with Crippen molar-refractivity contribution in [3.05, 3.63) is 36.2 Å². The van der Waals surface area contributed by atoms with Crippen LogP contribution in [-0.2, 0) is 7.05 Å². The Morgan fingerprint density at radius 1 is 1.44 bits per heavy atom. The van der Waals surface area contributed by atoms with Crippen LogP contribution in [-0.4, -0.2) is 23.5 Å². The van der Waals surface area contributed by atoms with Crippen LogP contribution in [0.3, 0.4) is 0 Å². The summed E-state index contributed by atoms with van der Waals surface area (Å²) >= 11 is 0. The highest BCUT2D eigenvalue weighted by molar-refractivity contribution is 5.52. The van der Waals surface area contributed by atoms with Crippen LogP contribution >= 0.6 is 0 Å². The highest BCUT2D eigenvalue weighted by Gasteiger charge is 2.26. The van der Waals surface area contributed by atoms with Gasteiger partial charge in [-0.3, -0.25) is 4.68 Å². The normalized spacial score (nSPS) is 17.6. The SMILES string of the molecule is COc1cccc2c1OC(c1cnn(C)c1)CO2. The fourth-order valence-electron chi connectivity index (χ4n) is 2.00. The molecule has 1 aliphatic rings. The lowest BCUT2D eigenvalue weighted by molar-refractivity contribution is 0.0871. The van der Waals surface area contributed by atoms with Gasteiger partial charge in [-0.25, -0.2) is 0 Å². The van der Waals surface area contributed by atoms with Crippen LogP contribution in [0.15, 0.2) is 30.6 Å². The standard InChI is InChI=1S/C13H14N2O3/c1-15-7-9(6-14-15)12-8-17-11-5-3-4-10(16-2)13(11)18-12/h3-7,12H,8H2,1-2H3. The van der Waals surface area contributed by atoms with Crippen LogP contribution in [0.4, 0.5) is 0 Å². The van der Waals surface area contributed by atoms with Crippen LogP contribution in [0.2, 0.25) is 0 Å². The molecule has 0 bridgehead atoms. The lowest BCUT2D eigenvalue weighted by Gasteiger charge is -2.26. The fraction of sp³-hybridized carbons (Fsp3) is 0.308. The maximum Gasteiger partial charge on any atom is 0.204 e. The predicted molar refractivity (Wildman–Crippen MR) is 65.1 cm³/mol. The van der Waals surface area contributed by atoms with Gasteiger partial charge in [-0.1, -0.05) is 6.07 Å². The second-order valence-corrected chi connectivity index (χ2v) is 4.15. The summed E-state index contributed by atoms with van der Waals surface area (Å²) in [6.45, 7) is 0.478. The van der Waals surface area contributed by atoms with Gasteiger partial charge in [-0.05, 0) is 12.1 Å². The van der Waals surface area contributed by atoms with Gasteiger partial charge in [0.2, 0.25) is 5.75 Å². The summed E-state index contributed by atoms with van der Waals surface area (Å²) in [4.78, 5) is 0. The number of hydrogen-bond acceptors (Lipinski definition) is 4. The third-order valence-corrected chi connectivity index (χ3v) is 2.91. The number of aromatic nitrogens is 2. The van der Waals surface area contributed by atoms with E-state index in [1.807, 2.05) is 31.4 Å². The molecule has 5 heteroatoms. The van der Waals surface area contributed by atoms with E-state index in [4.69, 9.17) is 14.2 Å². The van der Waals surface area contributed by atoms with E-state index in [-0.39, 0.29) is 6.10 Å². The third kappa shape index (κ3) is 1.77. The minimum atomic E-state index is -0.150. The summed E-state index contributed by atoms with van der Waals surface area (Å²) in [6.07, 6.45) is 3.56. The van der Waals surface area contributed by atoms with Crippen molar-refractivity contribution in [2.45, 2.75) is 6.10 Å². The predicted octanol–water partition coefficient (Wildman–Crippen LogP) is 1.94. The summed E-state index contributed by atoms with van der Waals surface area (Å²) < 4.78 is 18.7. The van der Waals surface area contributed by atoms with E-state index in [9.17, 15) is 0 Å². The summed E-state index contributed by atoms with van der Waals surface area (Å²) in [5.74, 6) is 2.05. The van der Waals surface area contributed by atoms with Gasteiger partial charge in [0, 0.05) is 18.8 Å². The molecular weight excluding hydrogens is 232 g/mol. The molecule has 1 aliphatic heterocycles. The minimum absolute atomic E-state index is 0.150. The fourth-order valence-corrected chi connectivity index (χ4v) is 2.00. The van der Waals surface area contributed by atoms with Crippen LogP contribution in [0, 0.1) is 0 Å². The Labute approximate surface area is 105 Å². The summed E-state index contributed by atoms with van der Waals surface area (Å²) in [5.41, 5.74) is 0.994. The van der Waals surface area contributed by atoms with Crippen LogP contribution < -0.4 is 14.2 Å². The molecule has 0 N–H and O–H groups in total. The van der Waals surface area contributed by atoms with Gasteiger partial charge in [0.1, 0.15) is 6.61 Å². The average molecular weight is 246 g/mol. The zero-order valence-corrected chi connectivity index (χ0v) is 10.3. The van der Waals surface area contributed by atoms with E-state index in [0.29, 0.717) is 18.1 Å². The lowest BCUT2D eigenvalue weighted by atomic mass is 10.2. The molecule has 5 nitrogen and oxygen atoms in total. The monoisotopic (exact) mass is 246 g/mol. The molecule has 0 saturated heterocycles. The first-order valence-electron chi connectivity index (χ1n) is 5.73.